The number of amides is 1. The number of benzene rings is 1. The number of nitrogens with zero attached hydrogens (tertiary/aromatic N) is 1. The Kier molecular flexibility index (Phi) is 5.73. The molecular weight excluding hydrogens is 374 g/mol. The van der Waals surface area contributed by atoms with E-state index < -0.39 is 0 Å². The van der Waals surface area contributed by atoms with Gasteiger partial charge in [-0.3, -0.25) is 9.59 Å². The van der Waals surface area contributed by atoms with E-state index in [0.717, 1.165) is 35.8 Å². The Bertz CT molecular complexity index is 914. The summed E-state index contributed by atoms with van der Waals surface area (Å²) in [4.78, 5) is 25.9. The molecule has 1 saturated heterocycles. The Morgan fingerprint density at radius 1 is 1.29 bits per heavy atom. The fraction of sp³-hybridized carbons (Fsp3) is 0.429. The van der Waals surface area contributed by atoms with Gasteiger partial charge in [-0.15, -0.1) is 11.8 Å². The largest absolute Gasteiger partial charge is 0.497 e. The van der Waals surface area contributed by atoms with Crippen molar-refractivity contribution in [2.45, 2.75) is 23.3 Å². The molecule has 28 heavy (non-hydrogen) atoms. The molecule has 2 aliphatic heterocycles. The van der Waals surface area contributed by atoms with Gasteiger partial charge in [-0.25, -0.2) is 0 Å². The number of carbonyl (C=O) groups excluding carboxylic acids is 1. The monoisotopic (exact) mass is 399 g/mol. The highest BCUT2D eigenvalue weighted by Gasteiger charge is 2.37. The van der Waals surface area contributed by atoms with Crippen LogP contribution in [0.1, 0.15) is 24.1 Å². The number of aromatic nitrogens is 1. The molecule has 2 aromatic rings. The first-order chi connectivity index (χ1) is 13.7. The number of rotatable bonds is 6. The number of pyridine rings is 1. The molecule has 2 N–H and O–H groups in total. The maximum Gasteiger partial charge on any atom is 0.251 e. The van der Waals surface area contributed by atoms with E-state index in [-0.39, 0.29) is 17.5 Å². The lowest BCUT2D eigenvalue weighted by Gasteiger charge is -2.43. The molecule has 1 fully saturated rings. The molecule has 3 heterocycles. The van der Waals surface area contributed by atoms with E-state index in [2.05, 4.69) is 10.6 Å². The van der Waals surface area contributed by atoms with Crippen LogP contribution in [0, 0.1) is 5.92 Å². The summed E-state index contributed by atoms with van der Waals surface area (Å²) in [6.45, 7) is 2.28. The van der Waals surface area contributed by atoms with Crippen molar-refractivity contribution in [3.05, 3.63) is 58.5 Å². The van der Waals surface area contributed by atoms with Crippen LogP contribution >= 0.6 is 11.8 Å². The van der Waals surface area contributed by atoms with E-state index in [0.29, 0.717) is 24.1 Å². The van der Waals surface area contributed by atoms with Crippen LogP contribution in [0.4, 0.5) is 0 Å². The van der Waals surface area contributed by atoms with Crippen LogP contribution in [0.2, 0.25) is 0 Å². The van der Waals surface area contributed by atoms with Gasteiger partial charge in [0.25, 0.3) is 5.56 Å². The second-order valence-corrected chi connectivity index (χ2v) is 8.40. The summed E-state index contributed by atoms with van der Waals surface area (Å²) in [6.07, 6.45) is 1.07. The smallest absolute Gasteiger partial charge is 0.251 e. The van der Waals surface area contributed by atoms with Gasteiger partial charge in [-0.1, -0.05) is 12.1 Å². The quantitative estimate of drug-likeness (QED) is 0.727. The van der Waals surface area contributed by atoms with E-state index in [1.165, 1.54) is 11.8 Å². The molecule has 1 aromatic heterocycles. The molecule has 148 valence electrons. The van der Waals surface area contributed by atoms with E-state index in [1.807, 2.05) is 41.0 Å². The number of methoxy groups -OCH3 is 1. The Hall–Kier alpha value is -2.25. The maximum atomic E-state index is 12.5. The molecule has 1 amide bonds. The van der Waals surface area contributed by atoms with Crippen LogP contribution in [0.3, 0.4) is 0 Å². The van der Waals surface area contributed by atoms with Crippen molar-refractivity contribution in [2.75, 3.05) is 32.5 Å². The van der Waals surface area contributed by atoms with Crippen molar-refractivity contribution in [3.8, 4) is 5.75 Å². The van der Waals surface area contributed by atoms with Crippen molar-refractivity contribution in [1.29, 1.82) is 0 Å². The fourth-order valence-corrected chi connectivity index (χ4v) is 5.05. The normalized spacial score (nSPS) is 23.0. The average Bonchev–Trinajstić information content (AvgIpc) is 2.73. The Morgan fingerprint density at radius 3 is 3.00 bits per heavy atom. The topological polar surface area (TPSA) is 72.4 Å². The number of nitrogens with one attached hydrogen (secondary N) is 2. The minimum absolute atomic E-state index is 0.00137. The number of carbonyl (C=O) groups is 1. The van der Waals surface area contributed by atoms with Gasteiger partial charge in [0.2, 0.25) is 5.91 Å². The Morgan fingerprint density at radius 2 is 2.14 bits per heavy atom. The third-order valence-electron chi connectivity index (χ3n) is 5.62. The molecule has 6 nitrogen and oxygen atoms in total. The first-order valence-electron chi connectivity index (χ1n) is 9.61. The summed E-state index contributed by atoms with van der Waals surface area (Å²) < 4.78 is 7.13. The van der Waals surface area contributed by atoms with E-state index in [4.69, 9.17) is 4.74 Å². The third-order valence-corrected chi connectivity index (χ3v) is 6.61. The molecule has 3 atom stereocenters. The minimum atomic E-state index is -0.0238. The standard InChI is InChI=1S/C21H25N3O3S/c1-27-16-4-2-5-17(9-16)28-13-20(25)23-12-19-15-8-14(10-22-11-15)18-6-3-7-21(26)24(18)19/h2-7,9,14-15,19,22H,8,10-13H2,1H3,(H,23,25)/t14-,15+,19+/m1/s1. The molecule has 1 aromatic carbocycles. The Balaban J connectivity index is 1.41. The Labute approximate surface area is 168 Å². The lowest BCUT2D eigenvalue weighted by molar-refractivity contribution is -0.118. The van der Waals surface area contributed by atoms with Gasteiger partial charge in [0.05, 0.1) is 18.9 Å². The highest BCUT2D eigenvalue weighted by atomic mass is 32.2. The van der Waals surface area contributed by atoms with E-state index in [9.17, 15) is 9.59 Å². The zero-order chi connectivity index (χ0) is 19.5. The highest BCUT2D eigenvalue weighted by molar-refractivity contribution is 8.00. The predicted molar refractivity (Wildman–Crippen MR) is 110 cm³/mol. The number of fused-ring (bicyclic) bond motifs is 4. The SMILES string of the molecule is COc1cccc(SCC(=O)NC[C@H]2[C@@H]3CNC[C@@H](C3)c3cccc(=O)n32)c1. The average molecular weight is 400 g/mol. The van der Waals surface area contributed by atoms with Crippen LogP contribution in [-0.4, -0.2) is 43.0 Å². The first-order valence-corrected chi connectivity index (χ1v) is 10.6. The highest BCUT2D eigenvalue weighted by Crippen LogP contribution is 2.38. The van der Waals surface area contributed by atoms with Crippen molar-refractivity contribution in [3.63, 3.8) is 0 Å². The summed E-state index contributed by atoms with van der Waals surface area (Å²) in [5.41, 5.74) is 1.11. The minimum Gasteiger partial charge on any atom is -0.497 e. The fourth-order valence-electron chi connectivity index (χ4n) is 4.28. The summed E-state index contributed by atoms with van der Waals surface area (Å²) in [5, 5.41) is 6.52. The van der Waals surface area contributed by atoms with Crippen LogP contribution in [0.5, 0.6) is 5.75 Å². The zero-order valence-electron chi connectivity index (χ0n) is 15.9. The summed E-state index contributed by atoms with van der Waals surface area (Å²) in [6, 6.07) is 13.2. The van der Waals surface area contributed by atoms with Gasteiger partial charge in [0.15, 0.2) is 0 Å². The van der Waals surface area contributed by atoms with Crippen LogP contribution in [0.15, 0.2) is 52.2 Å². The van der Waals surface area contributed by atoms with Gasteiger partial charge in [0.1, 0.15) is 5.75 Å². The summed E-state index contributed by atoms with van der Waals surface area (Å²) in [5.74, 6) is 1.83. The van der Waals surface area contributed by atoms with Gasteiger partial charge < -0.3 is 19.9 Å². The van der Waals surface area contributed by atoms with Crippen LogP contribution < -0.4 is 20.9 Å². The second kappa shape index (κ2) is 8.41. The van der Waals surface area contributed by atoms with Crippen molar-refractivity contribution in [2.24, 2.45) is 5.92 Å². The van der Waals surface area contributed by atoms with Gasteiger partial charge in [-0.05, 0) is 36.6 Å². The molecule has 0 saturated carbocycles. The van der Waals surface area contributed by atoms with Crippen LogP contribution in [0.25, 0.3) is 0 Å². The van der Waals surface area contributed by atoms with E-state index >= 15 is 0 Å². The maximum absolute atomic E-state index is 12.5. The number of ether oxygens (including phenoxy) is 1. The number of piperidine rings is 1. The third kappa shape index (κ3) is 3.95. The molecule has 0 unspecified atom stereocenters. The zero-order valence-corrected chi connectivity index (χ0v) is 16.7. The van der Waals surface area contributed by atoms with Crippen LogP contribution in [-0.2, 0) is 4.79 Å². The second-order valence-electron chi connectivity index (χ2n) is 7.35. The summed E-state index contributed by atoms with van der Waals surface area (Å²) >= 11 is 1.48. The lowest BCUT2D eigenvalue weighted by atomic mass is 9.79. The van der Waals surface area contributed by atoms with Gasteiger partial charge in [0, 0.05) is 42.2 Å². The molecule has 2 aliphatic rings. The predicted octanol–water partition coefficient (Wildman–Crippen LogP) is 2.01. The first kappa shape index (κ1) is 19.1. The molecule has 2 bridgehead atoms. The van der Waals surface area contributed by atoms with E-state index in [1.54, 1.807) is 13.2 Å². The molecule has 0 spiro atoms. The summed E-state index contributed by atoms with van der Waals surface area (Å²) in [7, 11) is 1.63. The van der Waals surface area contributed by atoms with Gasteiger partial charge >= 0.3 is 0 Å². The lowest BCUT2D eigenvalue weighted by Crippen LogP contribution is -2.50. The molecule has 7 heteroatoms. The number of thioether (sulfide) groups is 1. The number of hydrogen-bond acceptors (Lipinski definition) is 5. The number of hydrogen-bond donors (Lipinski definition) is 2. The van der Waals surface area contributed by atoms with Crippen molar-refractivity contribution in [1.82, 2.24) is 15.2 Å². The van der Waals surface area contributed by atoms with Gasteiger partial charge in [-0.2, -0.15) is 0 Å². The molecule has 4 rings (SSSR count). The molecular formula is C21H25N3O3S. The van der Waals surface area contributed by atoms with Crippen molar-refractivity contribution < 1.29 is 9.53 Å². The van der Waals surface area contributed by atoms with Crippen molar-refractivity contribution >= 4 is 17.7 Å². The molecule has 0 radical (unpaired) electrons. The molecule has 0 aliphatic carbocycles.